The zero-order valence-electron chi connectivity index (χ0n) is 13.2. The minimum atomic E-state index is -1.62. The number of benzene rings is 2. The van der Waals surface area contributed by atoms with E-state index in [9.17, 15) is 19.8 Å². The van der Waals surface area contributed by atoms with Crippen molar-refractivity contribution < 1.29 is 19.8 Å². The molecule has 1 heterocycles. The van der Waals surface area contributed by atoms with Gasteiger partial charge in [0.25, 0.3) is 0 Å². The Morgan fingerprint density at radius 2 is 1.44 bits per heavy atom. The molecule has 126 valence electrons. The Hall–Kier alpha value is -3.41. The Labute approximate surface area is 144 Å². The molecule has 0 saturated carbocycles. The number of rotatable bonds is 6. The van der Waals surface area contributed by atoms with E-state index in [1.165, 1.54) is 6.33 Å². The van der Waals surface area contributed by atoms with Crippen molar-refractivity contribution in [3.8, 4) is 11.3 Å². The molecule has 25 heavy (non-hydrogen) atoms. The fraction of sp³-hybridized carbons (Fsp3) is 0.105. The van der Waals surface area contributed by atoms with Crippen LogP contribution in [0.5, 0.6) is 0 Å². The Morgan fingerprint density at radius 1 is 0.880 bits per heavy atom. The van der Waals surface area contributed by atoms with Gasteiger partial charge in [-0.15, -0.1) is 0 Å². The monoisotopic (exact) mass is 336 g/mol. The summed E-state index contributed by atoms with van der Waals surface area (Å²) in [5.74, 6) is -4.41. The molecule has 0 saturated heterocycles. The molecule has 1 unspecified atom stereocenters. The smallest absolute Gasteiger partial charge is 0.320 e. The third kappa shape index (κ3) is 3.42. The number of imidazole rings is 1. The first-order valence-corrected chi connectivity index (χ1v) is 7.67. The van der Waals surface area contributed by atoms with Crippen LogP contribution in [0.4, 0.5) is 0 Å². The minimum absolute atomic E-state index is 0.592. The third-order valence-corrected chi connectivity index (χ3v) is 3.98. The van der Waals surface area contributed by atoms with Crippen LogP contribution in [0.2, 0.25) is 0 Å². The van der Waals surface area contributed by atoms with Crippen molar-refractivity contribution in [3.05, 3.63) is 78.8 Å². The van der Waals surface area contributed by atoms with Gasteiger partial charge in [-0.25, -0.2) is 4.98 Å². The number of carboxylic acids is 2. The second kappa shape index (κ2) is 7.00. The topological polar surface area (TPSA) is 92.4 Å². The SMILES string of the molecule is O=C(O)C(C(=O)O)C(c1ccccc1)n1cnc(-c2ccccc2)c1. The van der Waals surface area contributed by atoms with Crippen LogP contribution in [0, 0.1) is 5.92 Å². The molecule has 6 heteroatoms. The molecule has 0 bridgehead atoms. The number of hydrogen-bond acceptors (Lipinski definition) is 3. The summed E-state index contributed by atoms with van der Waals surface area (Å²) in [7, 11) is 0. The first kappa shape index (κ1) is 16.4. The van der Waals surface area contributed by atoms with E-state index in [0.29, 0.717) is 11.3 Å². The number of carbonyl (C=O) groups is 2. The Bertz CT molecular complexity index is 861. The zero-order valence-corrected chi connectivity index (χ0v) is 13.2. The van der Waals surface area contributed by atoms with Crippen molar-refractivity contribution in [1.29, 1.82) is 0 Å². The van der Waals surface area contributed by atoms with E-state index >= 15 is 0 Å². The molecule has 3 rings (SSSR count). The second-order valence-corrected chi connectivity index (χ2v) is 5.58. The van der Waals surface area contributed by atoms with E-state index in [4.69, 9.17) is 0 Å². The van der Waals surface area contributed by atoms with Crippen LogP contribution in [0.25, 0.3) is 11.3 Å². The first-order chi connectivity index (χ1) is 12.1. The average molecular weight is 336 g/mol. The highest BCUT2D eigenvalue weighted by Gasteiger charge is 2.37. The molecule has 2 aromatic carbocycles. The second-order valence-electron chi connectivity index (χ2n) is 5.58. The fourth-order valence-electron chi connectivity index (χ4n) is 2.81. The molecule has 1 aromatic heterocycles. The lowest BCUT2D eigenvalue weighted by molar-refractivity contribution is -0.156. The van der Waals surface area contributed by atoms with E-state index in [1.807, 2.05) is 30.3 Å². The molecule has 0 aliphatic rings. The molecular weight excluding hydrogens is 320 g/mol. The highest BCUT2D eigenvalue weighted by atomic mass is 16.4. The summed E-state index contributed by atoms with van der Waals surface area (Å²) in [6, 6.07) is 17.2. The van der Waals surface area contributed by atoms with E-state index < -0.39 is 23.9 Å². The van der Waals surface area contributed by atoms with Crippen molar-refractivity contribution in [2.45, 2.75) is 6.04 Å². The van der Waals surface area contributed by atoms with Crippen LogP contribution in [-0.2, 0) is 9.59 Å². The van der Waals surface area contributed by atoms with Gasteiger partial charge in [0.2, 0.25) is 0 Å². The quantitative estimate of drug-likeness (QED) is 0.675. The van der Waals surface area contributed by atoms with Crippen LogP contribution in [0.3, 0.4) is 0 Å². The van der Waals surface area contributed by atoms with Gasteiger partial charge in [-0.1, -0.05) is 60.7 Å². The van der Waals surface area contributed by atoms with E-state index in [2.05, 4.69) is 4.98 Å². The molecule has 3 aromatic rings. The highest BCUT2D eigenvalue weighted by molar-refractivity contribution is 5.94. The van der Waals surface area contributed by atoms with Crippen molar-refractivity contribution >= 4 is 11.9 Å². The van der Waals surface area contributed by atoms with Crippen molar-refractivity contribution in [2.24, 2.45) is 5.92 Å². The van der Waals surface area contributed by atoms with Gasteiger partial charge in [0.1, 0.15) is 0 Å². The summed E-state index contributed by atoms with van der Waals surface area (Å²) in [4.78, 5) is 27.5. The lowest BCUT2D eigenvalue weighted by Crippen LogP contribution is -2.33. The summed E-state index contributed by atoms with van der Waals surface area (Å²) >= 11 is 0. The van der Waals surface area contributed by atoms with Crippen molar-refractivity contribution in [3.63, 3.8) is 0 Å². The normalized spacial score (nSPS) is 12.0. The van der Waals surface area contributed by atoms with Gasteiger partial charge < -0.3 is 14.8 Å². The molecule has 2 N–H and O–H groups in total. The van der Waals surface area contributed by atoms with Crippen LogP contribution in [-0.4, -0.2) is 31.7 Å². The lowest BCUT2D eigenvalue weighted by atomic mass is 9.92. The van der Waals surface area contributed by atoms with Crippen molar-refractivity contribution in [1.82, 2.24) is 9.55 Å². The maximum Gasteiger partial charge on any atom is 0.320 e. The molecule has 0 radical (unpaired) electrons. The molecular formula is C19H16N2O4. The number of hydrogen-bond donors (Lipinski definition) is 2. The Morgan fingerprint density at radius 3 is 2.00 bits per heavy atom. The summed E-state index contributed by atoms with van der Waals surface area (Å²) in [6.45, 7) is 0. The molecule has 6 nitrogen and oxygen atoms in total. The van der Waals surface area contributed by atoms with Gasteiger partial charge in [0.05, 0.1) is 18.1 Å². The number of nitrogens with zero attached hydrogens (tertiary/aromatic N) is 2. The maximum absolute atomic E-state index is 11.6. The van der Waals surface area contributed by atoms with Crippen LogP contribution in [0.15, 0.2) is 73.2 Å². The predicted octanol–water partition coefficient (Wildman–Crippen LogP) is 2.92. The first-order valence-electron chi connectivity index (χ1n) is 7.67. The summed E-state index contributed by atoms with van der Waals surface area (Å²) in [6.07, 6.45) is 3.14. The van der Waals surface area contributed by atoms with E-state index in [-0.39, 0.29) is 0 Å². The van der Waals surface area contributed by atoms with Gasteiger partial charge in [-0.3, -0.25) is 9.59 Å². The molecule has 0 spiro atoms. The zero-order chi connectivity index (χ0) is 17.8. The number of aliphatic carboxylic acids is 2. The molecule has 1 atom stereocenters. The van der Waals surface area contributed by atoms with E-state index in [1.54, 1.807) is 41.1 Å². The van der Waals surface area contributed by atoms with E-state index in [0.717, 1.165) is 5.56 Å². The largest absolute Gasteiger partial charge is 0.481 e. The van der Waals surface area contributed by atoms with Crippen LogP contribution >= 0.6 is 0 Å². The standard InChI is InChI=1S/C19H16N2O4/c22-18(23)16(19(24)25)17(14-9-5-2-6-10-14)21-11-15(20-12-21)13-7-3-1-4-8-13/h1-12,16-17H,(H,22,23)(H,24,25). The van der Waals surface area contributed by atoms with Gasteiger partial charge in [0, 0.05) is 11.8 Å². The summed E-state index contributed by atoms with van der Waals surface area (Å²) in [5, 5.41) is 18.9. The summed E-state index contributed by atoms with van der Waals surface area (Å²) < 4.78 is 1.55. The Kier molecular flexibility index (Phi) is 4.61. The third-order valence-electron chi connectivity index (χ3n) is 3.98. The minimum Gasteiger partial charge on any atom is -0.481 e. The number of aromatic nitrogens is 2. The predicted molar refractivity (Wildman–Crippen MR) is 91.0 cm³/mol. The molecule has 0 aliphatic carbocycles. The molecule has 0 aliphatic heterocycles. The summed E-state index contributed by atoms with van der Waals surface area (Å²) in [5.41, 5.74) is 2.11. The van der Waals surface area contributed by atoms with Crippen LogP contribution < -0.4 is 0 Å². The van der Waals surface area contributed by atoms with Gasteiger partial charge in [0.15, 0.2) is 5.92 Å². The van der Waals surface area contributed by atoms with Crippen LogP contribution in [0.1, 0.15) is 11.6 Å². The fourth-order valence-corrected chi connectivity index (χ4v) is 2.81. The van der Waals surface area contributed by atoms with Crippen molar-refractivity contribution in [2.75, 3.05) is 0 Å². The lowest BCUT2D eigenvalue weighted by Gasteiger charge is -2.22. The maximum atomic E-state index is 11.6. The highest BCUT2D eigenvalue weighted by Crippen LogP contribution is 2.29. The average Bonchev–Trinajstić information content (AvgIpc) is 3.10. The molecule has 0 fully saturated rings. The van der Waals surface area contributed by atoms with Gasteiger partial charge >= 0.3 is 11.9 Å². The van der Waals surface area contributed by atoms with Gasteiger partial charge in [-0.2, -0.15) is 0 Å². The Balaban J connectivity index is 2.08. The number of carboxylic acid groups (broad SMARTS) is 2. The molecule has 0 amide bonds. The van der Waals surface area contributed by atoms with Gasteiger partial charge in [-0.05, 0) is 5.56 Å².